The largest absolute Gasteiger partial charge is 0.394 e. The predicted molar refractivity (Wildman–Crippen MR) is 152 cm³/mol. The van der Waals surface area contributed by atoms with Crippen LogP contribution in [0.5, 0.6) is 0 Å². The van der Waals surface area contributed by atoms with Crippen LogP contribution >= 0.6 is 0 Å². The van der Waals surface area contributed by atoms with Crippen molar-refractivity contribution in [1.29, 1.82) is 0 Å². The summed E-state index contributed by atoms with van der Waals surface area (Å²) in [6.45, 7) is 4.34. The Morgan fingerprint density at radius 1 is 1.15 bits per heavy atom. The lowest BCUT2D eigenvalue weighted by atomic mass is 9.46. The Morgan fingerprint density at radius 2 is 1.95 bits per heavy atom. The zero-order valence-electron chi connectivity index (χ0n) is 23.8. The van der Waals surface area contributed by atoms with Gasteiger partial charge in [0.1, 0.15) is 35.7 Å². The molecule has 1 saturated heterocycles. The fourth-order valence-electron chi connectivity index (χ4n) is 9.42. The van der Waals surface area contributed by atoms with Crippen molar-refractivity contribution in [3.05, 3.63) is 29.7 Å². The van der Waals surface area contributed by atoms with Gasteiger partial charge in [0, 0.05) is 24.5 Å². The van der Waals surface area contributed by atoms with E-state index in [2.05, 4.69) is 35.7 Å². The van der Waals surface area contributed by atoms with Crippen LogP contribution in [0, 0.1) is 40.4 Å². The number of carbonyl (C=O) groups is 1. The number of nitrogens with zero attached hydrogens (tertiary/aromatic N) is 3. The molecule has 9 heteroatoms. The number of anilines is 1. The molecule has 1 aliphatic heterocycles. The second kappa shape index (κ2) is 9.37. The van der Waals surface area contributed by atoms with E-state index < -0.39 is 24.0 Å². The van der Waals surface area contributed by atoms with Crippen molar-refractivity contribution in [3.63, 3.8) is 0 Å². The first-order valence-corrected chi connectivity index (χ1v) is 15.1. The van der Waals surface area contributed by atoms with E-state index in [4.69, 9.17) is 10.5 Å². The quantitative estimate of drug-likeness (QED) is 0.410. The second-order valence-electron chi connectivity index (χ2n) is 13.6. The fraction of sp³-hybridized carbons (Fsp3) is 0.656. The van der Waals surface area contributed by atoms with Gasteiger partial charge in [-0.2, -0.15) is 0 Å². The van der Waals surface area contributed by atoms with Crippen molar-refractivity contribution in [3.8, 4) is 11.8 Å². The van der Waals surface area contributed by atoms with Crippen LogP contribution in [0.4, 0.5) is 5.82 Å². The zero-order valence-corrected chi connectivity index (χ0v) is 23.8. The molecule has 0 amide bonds. The fourth-order valence-corrected chi connectivity index (χ4v) is 9.42. The molecule has 5 aliphatic rings. The van der Waals surface area contributed by atoms with Gasteiger partial charge in [0.05, 0.1) is 23.7 Å². The van der Waals surface area contributed by atoms with E-state index in [-0.39, 0.29) is 23.2 Å². The molecule has 3 heterocycles. The number of aliphatic hydroxyl groups is 3. The number of hydrogen-bond acceptors (Lipinski definition) is 8. The molecule has 0 unspecified atom stereocenters. The Bertz CT molecular complexity index is 1510. The highest BCUT2D eigenvalue weighted by molar-refractivity contribution is 5.92. The summed E-state index contributed by atoms with van der Waals surface area (Å²) >= 11 is 0. The standard InChI is InChI=1S/C32H40N4O5/c1-30-9-6-20(38)13-19(30)3-4-21-22(30)7-10-31(2)23(21)8-12-32(31,40)11-5-18-15-36(26-14-24(39)25(16-37)41-26)29-27(18)28(33)34-17-35-29/h13,15,17,21-26,37,39-40H,3-4,6-10,12,14,16H2,1-2H3,(H2,33,34,35)/t21-,22+,23+,24+,25-,26-,30+,31+,32+/m1/s1. The molecule has 0 aromatic carbocycles. The third-order valence-electron chi connectivity index (χ3n) is 11.9. The lowest BCUT2D eigenvalue weighted by Gasteiger charge is -2.58. The van der Waals surface area contributed by atoms with Gasteiger partial charge in [-0.3, -0.25) is 4.79 Å². The number of aliphatic hydroxyl groups excluding tert-OH is 2. The molecule has 2 aromatic rings. The maximum absolute atomic E-state index is 12.2. The van der Waals surface area contributed by atoms with Gasteiger partial charge in [0.2, 0.25) is 0 Å². The average Bonchev–Trinajstić information content (AvgIpc) is 3.59. The monoisotopic (exact) mass is 560 g/mol. The number of hydrogen-bond donors (Lipinski definition) is 4. The highest BCUT2D eigenvalue weighted by Crippen LogP contribution is 2.67. The van der Waals surface area contributed by atoms with Crippen LogP contribution in [-0.2, 0) is 9.53 Å². The van der Waals surface area contributed by atoms with Crippen molar-refractivity contribution >= 4 is 22.6 Å². The lowest BCUT2D eigenvalue weighted by molar-refractivity contribution is -0.119. The maximum atomic E-state index is 12.2. The number of rotatable bonds is 2. The Hall–Kier alpha value is -2.77. The van der Waals surface area contributed by atoms with Gasteiger partial charge >= 0.3 is 0 Å². The zero-order chi connectivity index (χ0) is 28.7. The summed E-state index contributed by atoms with van der Waals surface area (Å²) in [6.07, 6.45) is 10.6. The molecule has 7 rings (SSSR count). The first kappa shape index (κ1) is 27.1. The summed E-state index contributed by atoms with van der Waals surface area (Å²) < 4.78 is 7.70. The number of ether oxygens (including phenoxy) is 1. The van der Waals surface area contributed by atoms with Crippen molar-refractivity contribution in [2.45, 2.75) is 95.7 Å². The summed E-state index contributed by atoms with van der Waals surface area (Å²) in [5.41, 5.74) is 7.45. The summed E-state index contributed by atoms with van der Waals surface area (Å²) in [6, 6.07) is 0. The Morgan fingerprint density at radius 3 is 2.73 bits per heavy atom. The van der Waals surface area contributed by atoms with Crippen molar-refractivity contribution < 1.29 is 24.9 Å². The number of ketones is 1. The van der Waals surface area contributed by atoms with Gasteiger partial charge in [0.25, 0.3) is 0 Å². The van der Waals surface area contributed by atoms with E-state index in [1.54, 1.807) is 4.57 Å². The van der Waals surface area contributed by atoms with Gasteiger partial charge in [-0.25, -0.2) is 9.97 Å². The third-order valence-corrected chi connectivity index (χ3v) is 11.9. The molecule has 4 aliphatic carbocycles. The van der Waals surface area contributed by atoms with Crippen LogP contribution in [-0.4, -0.2) is 60.1 Å². The van der Waals surface area contributed by atoms with Crippen molar-refractivity contribution in [1.82, 2.24) is 14.5 Å². The topological polar surface area (TPSA) is 144 Å². The van der Waals surface area contributed by atoms with E-state index in [0.29, 0.717) is 59.4 Å². The highest BCUT2D eigenvalue weighted by Gasteiger charge is 2.63. The normalized spacial score (nSPS) is 41.8. The second-order valence-corrected chi connectivity index (χ2v) is 13.6. The first-order chi connectivity index (χ1) is 19.6. The Balaban J connectivity index is 1.21. The summed E-state index contributed by atoms with van der Waals surface area (Å²) in [4.78, 5) is 20.8. The average molecular weight is 561 g/mol. The number of allylic oxidation sites excluding steroid dienone is 1. The van der Waals surface area contributed by atoms with Gasteiger partial charge in [0.15, 0.2) is 5.78 Å². The summed E-state index contributed by atoms with van der Waals surface area (Å²) in [5.74, 6) is 8.64. The predicted octanol–water partition coefficient (Wildman–Crippen LogP) is 3.27. The molecule has 0 spiro atoms. The molecule has 41 heavy (non-hydrogen) atoms. The van der Waals surface area contributed by atoms with E-state index >= 15 is 0 Å². The number of fused-ring (bicyclic) bond motifs is 6. The van der Waals surface area contributed by atoms with Crippen LogP contribution in [0.3, 0.4) is 0 Å². The van der Waals surface area contributed by atoms with E-state index in [1.165, 1.54) is 11.9 Å². The van der Waals surface area contributed by atoms with Crippen molar-refractivity contribution in [2.75, 3.05) is 12.3 Å². The minimum Gasteiger partial charge on any atom is -0.394 e. The molecule has 5 N–H and O–H groups in total. The van der Waals surface area contributed by atoms with Gasteiger partial charge in [-0.15, -0.1) is 0 Å². The Kier molecular flexibility index (Phi) is 6.19. The van der Waals surface area contributed by atoms with Gasteiger partial charge < -0.3 is 30.4 Å². The van der Waals surface area contributed by atoms with Crippen LogP contribution in [0.1, 0.15) is 83.4 Å². The molecule has 9 nitrogen and oxygen atoms in total. The van der Waals surface area contributed by atoms with Gasteiger partial charge in [-0.05, 0) is 74.2 Å². The Labute approximate surface area is 240 Å². The minimum absolute atomic E-state index is 0.0921. The van der Waals surface area contributed by atoms with Crippen LogP contribution < -0.4 is 5.73 Å². The molecule has 0 radical (unpaired) electrons. The summed E-state index contributed by atoms with van der Waals surface area (Å²) in [7, 11) is 0. The first-order valence-electron chi connectivity index (χ1n) is 15.1. The van der Waals surface area contributed by atoms with E-state index in [1.807, 2.05) is 12.3 Å². The van der Waals surface area contributed by atoms with Crippen LogP contribution in [0.15, 0.2) is 24.2 Å². The smallest absolute Gasteiger partial charge is 0.155 e. The molecule has 0 bridgehead atoms. The molecule has 2 aromatic heterocycles. The number of aromatic nitrogens is 3. The number of nitrogens with two attached hydrogens (primary N) is 1. The molecular weight excluding hydrogens is 520 g/mol. The maximum Gasteiger partial charge on any atom is 0.155 e. The lowest BCUT2D eigenvalue weighted by Crippen LogP contribution is -2.54. The van der Waals surface area contributed by atoms with Gasteiger partial charge in [-0.1, -0.05) is 31.3 Å². The van der Waals surface area contributed by atoms with E-state index in [9.17, 15) is 20.1 Å². The molecule has 9 atom stereocenters. The minimum atomic E-state index is -1.14. The third kappa shape index (κ3) is 3.87. The number of carbonyl (C=O) groups excluding carboxylic acids is 1. The molecule has 218 valence electrons. The molecule has 4 fully saturated rings. The SMILES string of the molecule is C[C@]12CCC(=O)C=C1CC[C@@H]1[C@@H]2CC[C@@]2(C)[C@H]1CC[C@@]2(O)C#Cc1cn([C@H]2C[C@H](O)[C@@H](CO)O2)c2ncnc(N)c12. The summed E-state index contributed by atoms with van der Waals surface area (Å²) in [5, 5.41) is 32.7. The van der Waals surface area contributed by atoms with E-state index in [0.717, 1.165) is 38.5 Å². The number of nitrogen functional groups attached to an aromatic ring is 1. The van der Waals surface area contributed by atoms with Crippen LogP contribution in [0.2, 0.25) is 0 Å². The molecular formula is C32H40N4O5. The van der Waals surface area contributed by atoms with Crippen LogP contribution in [0.25, 0.3) is 11.0 Å². The molecule has 3 saturated carbocycles. The highest BCUT2D eigenvalue weighted by atomic mass is 16.5. The van der Waals surface area contributed by atoms with Crippen molar-refractivity contribution in [2.24, 2.45) is 28.6 Å².